The number of nitrogen functional groups attached to an aromatic ring is 1. The summed E-state index contributed by atoms with van der Waals surface area (Å²) in [5, 5.41) is 3.02. The maximum Gasteiger partial charge on any atom is 0.255 e. The van der Waals surface area contributed by atoms with Crippen molar-refractivity contribution in [1.29, 1.82) is 0 Å². The fraction of sp³-hybridized carbons (Fsp3) is 0.500. The van der Waals surface area contributed by atoms with Crippen molar-refractivity contribution in [2.24, 2.45) is 5.92 Å². The van der Waals surface area contributed by atoms with Gasteiger partial charge in [-0.1, -0.05) is 0 Å². The third kappa shape index (κ3) is 2.77. The third-order valence-corrected chi connectivity index (χ3v) is 3.60. The van der Waals surface area contributed by atoms with Crippen LogP contribution in [-0.2, 0) is 0 Å². The molecule has 1 aromatic heterocycles. The lowest BCUT2D eigenvalue weighted by molar-refractivity contribution is 0.0904. The highest BCUT2D eigenvalue weighted by molar-refractivity contribution is 9.10. The van der Waals surface area contributed by atoms with Gasteiger partial charge < -0.3 is 11.1 Å². The smallest absolute Gasteiger partial charge is 0.255 e. The van der Waals surface area contributed by atoms with Crippen LogP contribution < -0.4 is 11.1 Å². The molecular weight excluding hydrogens is 282 g/mol. The number of carbonyl (C=O) groups excluding carboxylic acids is 1. The van der Waals surface area contributed by atoms with E-state index in [0.717, 1.165) is 4.47 Å². The summed E-state index contributed by atoms with van der Waals surface area (Å²) in [5.74, 6) is 0.679. The summed E-state index contributed by atoms with van der Waals surface area (Å²) in [7, 11) is 0. The number of halogens is 1. The molecule has 0 unspecified atom stereocenters. The Balaban J connectivity index is 2.16. The average molecular weight is 298 g/mol. The van der Waals surface area contributed by atoms with E-state index in [4.69, 9.17) is 5.73 Å². The Morgan fingerprint density at radius 1 is 1.59 bits per heavy atom. The van der Waals surface area contributed by atoms with Crippen LogP contribution in [0.2, 0.25) is 0 Å². The zero-order valence-electron chi connectivity index (χ0n) is 9.96. The number of pyridine rings is 1. The second kappa shape index (κ2) is 4.29. The Morgan fingerprint density at radius 2 is 2.24 bits per heavy atom. The predicted molar refractivity (Wildman–Crippen MR) is 70.6 cm³/mol. The second-order valence-corrected chi connectivity index (χ2v) is 5.95. The van der Waals surface area contributed by atoms with Gasteiger partial charge in [-0.05, 0) is 54.6 Å². The number of carbonyl (C=O) groups is 1. The molecule has 4 nitrogen and oxygen atoms in total. The van der Waals surface area contributed by atoms with Crippen molar-refractivity contribution in [2.75, 3.05) is 5.73 Å². The molecular formula is C12H16BrN3O. The van der Waals surface area contributed by atoms with E-state index in [0.29, 0.717) is 11.5 Å². The molecule has 1 aliphatic carbocycles. The molecule has 0 saturated heterocycles. The van der Waals surface area contributed by atoms with Gasteiger partial charge in [0.15, 0.2) is 0 Å². The van der Waals surface area contributed by atoms with E-state index >= 15 is 0 Å². The zero-order valence-corrected chi connectivity index (χ0v) is 11.5. The average Bonchev–Trinajstić information content (AvgIpc) is 3.04. The number of amides is 1. The van der Waals surface area contributed by atoms with Gasteiger partial charge in [-0.25, -0.2) is 4.98 Å². The minimum atomic E-state index is -0.175. The van der Waals surface area contributed by atoms with E-state index in [1.165, 1.54) is 12.8 Å². The summed E-state index contributed by atoms with van der Waals surface area (Å²) < 4.78 is 0.751. The van der Waals surface area contributed by atoms with Crippen molar-refractivity contribution in [2.45, 2.75) is 32.2 Å². The molecule has 1 heterocycles. The molecule has 0 aromatic carbocycles. The van der Waals surface area contributed by atoms with Crippen LogP contribution in [0.5, 0.6) is 0 Å². The van der Waals surface area contributed by atoms with Crippen molar-refractivity contribution >= 4 is 27.7 Å². The van der Waals surface area contributed by atoms with Crippen LogP contribution in [0.15, 0.2) is 16.7 Å². The van der Waals surface area contributed by atoms with Gasteiger partial charge in [-0.2, -0.15) is 0 Å². The van der Waals surface area contributed by atoms with Crippen molar-refractivity contribution in [3.05, 3.63) is 22.3 Å². The van der Waals surface area contributed by atoms with E-state index in [2.05, 4.69) is 26.2 Å². The van der Waals surface area contributed by atoms with Gasteiger partial charge in [0.1, 0.15) is 5.82 Å². The van der Waals surface area contributed by atoms with Gasteiger partial charge in [0.25, 0.3) is 5.91 Å². The Morgan fingerprint density at radius 3 is 2.82 bits per heavy atom. The van der Waals surface area contributed by atoms with Crippen molar-refractivity contribution < 1.29 is 4.79 Å². The van der Waals surface area contributed by atoms with E-state index in [1.54, 1.807) is 12.3 Å². The molecule has 0 radical (unpaired) electrons. The molecule has 3 N–H and O–H groups in total. The first-order valence-corrected chi connectivity index (χ1v) is 6.43. The van der Waals surface area contributed by atoms with Crippen molar-refractivity contribution in [1.82, 2.24) is 10.3 Å². The van der Waals surface area contributed by atoms with Crippen LogP contribution in [0.3, 0.4) is 0 Å². The number of hydrogen-bond donors (Lipinski definition) is 2. The van der Waals surface area contributed by atoms with Crippen molar-refractivity contribution in [3.8, 4) is 0 Å². The largest absolute Gasteiger partial charge is 0.383 e. The quantitative estimate of drug-likeness (QED) is 0.900. The topological polar surface area (TPSA) is 68.0 Å². The van der Waals surface area contributed by atoms with E-state index in [-0.39, 0.29) is 17.3 Å². The summed E-state index contributed by atoms with van der Waals surface area (Å²) in [6, 6.07) is 1.70. The summed E-state index contributed by atoms with van der Waals surface area (Å²) >= 11 is 3.29. The van der Waals surface area contributed by atoms with Crippen LogP contribution in [0.25, 0.3) is 0 Å². The standard InChI is InChI=1S/C12H16BrN3O/c1-12(2,7-3-4-7)16-11(17)9-5-8(13)6-15-10(9)14/h5-7H,3-4H2,1-2H3,(H2,14,15)(H,16,17). The molecule has 1 aliphatic rings. The monoisotopic (exact) mass is 297 g/mol. The predicted octanol–water partition coefficient (Wildman–Crippen LogP) is 2.34. The lowest BCUT2D eigenvalue weighted by Gasteiger charge is -2.26. The van der Waals surface area contributed by atoms with Gasteiger partial charge in [0.2, 0.25) is 0 Å². The summed E-state index contributed by atoms with van der Waals surface area (Å²) in [5.41, 5.74) is 5.96. The number of nitrogens with zero attached hydrogens (tertiary/aromatic N) is 1. The third-order valence-electron chi connectivity index (χ3n) is 3.16. The SMILES string of the molecule is CC(C)(NC(=O)c1cc(Br)cnc1N)C1CC1. The lowest BCUT2D eigenvalue weighted by atomic mass is 9.98. The first kappa shape index (κ1) is 12.4. The molecule has 1 saturated carbocycles. The first-order chi connectivity index (χ1) is 7.90. The van der Waals surface area contributed by atoms with E-state index < -0.39 is 0 Å². The number of nitrogens with two attached hydrogens (primary N) is 1. The van der Waals surface area contributed by atoms with E-state index in [1.807, 2.05) is 13.8 Å². The Bertz CT molecular complexity index is 455. The van der Waals surface area contributed by atoms with Crippen LogP contribution in [-0.4, -0.2) is 16.4 Å². The van der Waals surface area contributed by atoms with Gasteiger partial charge in [0.05, 0.1) is 5.56 Å². The number of aromatic nitrogens is 1. The lowest BCUT2D eigenvalue weighted by Crippen LogP contribution is -2.45. The molecule has 92 valence electrons. The molecule has 17 heavy (non-hydrogen) atoms. The minimum Gasteiger partial charge on any atom is -0.383 e. The van der Waals surface area contributed by atoms with Crippen LogP contribution in [0, 0.1) is 5.92 Å². The molecule has 0 aliphatic heterocycles. The molecule has 1 amide bonds. The number of anilines is 1. The fourth-order valence-electron chi connectivity index (χ4n) is 1.90. The van der Waals surface area contributed by atoms with Gasteiger partial charge in [0, 0.05) is 16.2 Å². The molecule has 5 heteroatoms. The van der Waals surface area contributed by atoms with E-state index in [9.17, 15) is 4.79 Å². The summed E-state index contributed by atoms with van der Waals surface area (Å²) in [6.07, 6.45) is 3.94. The molecule has 1 aromatic rings. The Kier molecular flexibility index (Phi) is 3.12. The number of nitrogens with one attached hydrogen (secondary N) is 1. The molecule has 0 atom stereocenters. The molecule has 1 fully saturated rings. The normalized spacial score (nSPS) is 15.7. The maximum atomic E-state index is 12.1. The van der Waals surface area contributed by atoms with Gasteiger partial charge in [-0.15, -0.1) is 0 Å². The number of rotatable bonds is 3. The molecule has 2 rings (SSSR count). The van der Waals surface area contributed by atoms with Crippen molar-refractivity contribution in [3.63, 3.8) is 0 Å². The highest BCUT2D eigenvalue weighted by Crippen LogP contribution is 2.39. The van der Waals surface area contributed by atoms with Crippen LogP contribution in [0.4, 0.5) is 5.82 Å². The first-order valence-electron chi connectivity index (χ1n) is 5.63. The minimum absolute atomic E-state index is 0.159. The Labute approximate surface area is 109 Å². The maximum absolute atomic E-state index is 12.1. The zero-order chi connectivity index (χ0) is 12.6. The summed E-state index contributed by atoms with van der Waals surface area (Å²) in [6.45, 7) is 4.09. The summed E-state index contributed by atoms with van der Waals surface area (Å²) in [4.78, 5) is 16.1. The highest BCUT2D eigenvalue weighted by Gasteiger charge is 2.39. The van der Waals surface area contributed by atoms with Gasteiger partial charge >= 0.3 is 0 Å². The number of hydrogen-bond acceptors (Lipinski definition) is 3. The van der Waals surface area contributed by atoms with Crippen LogP contribution >= 0.6 is 15.9 Å². The fourth-order valence-corrected chi connectivity index (χ4v) is 2.23. The highest BCUT2D eigenvalue weighted by atomic mass is 79.9. The molecule has 0 spiro atoms. The molecule has 0 bridgehead atoms. The Hall–Kier alpha value is -1.10. The van der Waals surface area contributed by atoms with Crippen LogP contribution in [0.1, 0.15) is 37.0 Å². The second-order valence-electron chi connectivity index (χ2n) is 5.04. The van der Waals surface area contributed by atoms with Gasteiger partial charge in [-0.3, -0.25) is 4.79 Å².